The highest BCUT2D eigenvalue weighted by atomic mass is 16.2. The maximum Gasteiger partial charge on any atom is 0.253 e. The molecule has 0 saturated heterocycles. The van der Waals surface area contributed by atoms with Crippen LogP contribution in [0.2, 0.25) is 0 Å². The minimum atomic E-state index is -0.198. The van der Waals surface area contributed by atoms with Crippen molar-refractivity contribution in [3.8, 4) is 0 Å². The van der Waals surface area contributed by atoms with Gasteiger partial charge in [-0.05, 0) is 33.6 Å². The number of ketones is 1. The van der Waals surface area contributed by atoms with Crippen molar-refractivity contribution in [1.82, 2.24) is 25.1 Å². The molecule has 7 nitrogen and oxygen atoms in total. The molecule has 0 saturated carbocycles. The molecule has 1 aliphatic rings. The SMILES string of the molecule is Cc1[nH]c2c(c1C(=O)NCCc1nncn1C(C)C)C(=O)CCC2. The zero-order valence-corrected chi connectivity index (χ0v) is 14.3. The first-order valence-electron chi connectivity index (χ1n) is 8.40. The highest BCUT2D eigenvalue weighted by Gasteiger charge is 2.28. The molecule has 1 aliphatic carbocycles. The minimum absolute atomic E-state index is 0.0605. The van der Waals surface area contributed by atoms with Crippen LogP contribution in [-0.2, 0) is 12.8 Å². The van der Waals surface area contributed by atoms with Crippen LogP contribution < -0.4 is 5.32 Å². The Kier molecular flexibility index (Phi) is 4.51. The Hall–Kier alpha value is -2.44. The molecular weight excluding hydrogens is 306 g/mol. The van der Waals surface area contributed by atoms with Gasteiger partial charge in [0.15, 0.2) is 5.78 Å². The van der Waals surface area contributed by atoms with E-state index in [4.69, 9.17) is 0 Å². The molecule has 0 atom stereocenters. The number of fused-ring (bicyclic) bond motifs is 1. The van der Waals surface area contributed by atoms with Crippen molar-refractivity contribution in [2.75, 3.05) is 6.54 Å². The second kappa shape index (κ2) is 6.59. The summed E-state index contributed by atoms with van der Waals surface area (Å²) in [7, 11) is 0. The van der Waals surface area contributed by atoms with Gasteiger partial charge in [-0.1, -0.05) is 0 Å². The van der Waals surface area contributed by atoms with Crippen LogP contribution in [0.3, 0.4) is 0 Å². The van der Waals surface area contributed by atoms with E-state index < -0.39 is 0 Å². The lowest BCUT2D eigenvalue weighted by Gasteiger charge is -2.12. The molecule has 0 bridgehead atoms. The number of nitrogens with one attached hydrogen (secondary N) is 2. The van der Waals surface area contributed by atoms with Crippen molar-refractivity contribution in [2.45, 2.75) is 52.5 Å². The first kappa shape index (κ1) is 16.4. The molecule has 0 aliphatic heterocycles. The van der Waals surface area contributed by atoms with Gasteiger partial charge in [0.1, 0.15) is 12.2 Å². The molecule has 0 fully saturated rings. The van der Waals surface area contributed by atoms with Crippen LogP contribution in [0.25, 0.3) is 0 Å². The lowest BCUT2D eigenvalue weighted by Crippen LogP contribution is -2.28. The van der Waals surface area contributed by atoms with Gasteiger partial charge in [0, 0.05) is 36.8 Å². The molecule has 0 aromatic carbocycles. The third kappa shape index (κ3) is 2.98. The maximum atomic E-state index is 12.6. The van der Waals surface area contributed by atoms with Gasteiger partial charge in [0.2, 0.25) is 0 Å². The Bertz CT molecular complexity index is 772. The number of Topliss-reactive ketones (excluding diaryl/α,β-unsaturated/α-hetero) is 1. The summed E-state index contributed by atoms with van der Waals surface area (Å²) in [5.74, 6) is 0.704. The quantitative estimate of drug-likeness (QED) is 0.877. The summed E-state index contributed by atoms with van der Waals surface area (Å²) in [5, 5.41) is 10.9. The third-order valence-electron chi connectivity index (χ3n) is 4.44. The van der Waals surface area contributed by atoms with Gasteiger partial charge in [0.05, 0.1) is 11.1 Å². The molecule has 0 radical (unpaired) electrons. The number of aromatic amines is 1. The van der Waals surface area contributed by atoms with Crippen molar-refractivity contribution < 1.29 is 9.59 Å². The Labute approximate surface area is 140 Å². The largest absolute Gasteiger partial charge is 0.361 e. The van der Waals surface area contributed by atoms with E-state index in [1.54, 1.807) is 6.33 Å². The molecule has 2 N–H and O–H groups in total. The van der Waals surface area contributed by atoms with Gasteiger partial charge >= 0.3 is 0 Å². The summed E-state index contributed by atoms with van der Waals surface area (Å²) in [6, 6.07) is 0.280. The average Bonchev–Trinajstić information content (AvgIpc) is 3.11. The predicted octanol–water partition coefficient (Wildman–Crippen LogP) is 1.99. The smallest absolute Gasteiger partial charge is 0.253 e. The topological polar surface area (TPSA) is 92.7 Å². The molecule has 0 unspecified atom stereocenters. The van der Waals surface area contributed by atoms with E-state index in [0.717, 1.165) is 30.1 Å². The summed E-state index contributed by atoms with van der Waals surface area (Å²) >= 11 is 0. The van der Waals surface area contributed by atoms with E-state index in [9.17, 15) is 9.59 Å². The van der Waals surface area contributed by atoms with Gasteiger partial charge in [-0.3, -0.25) is 9.59 Å². The Morgan fingerprint density at radius 3 is 2.96 bits per heavy atom. The first-order valence-corrected chi connectivity index (χ1v) is 8.40. The number of carbonyl (C=O) groups is 2. The van der Waals surface area contributed by atoms with E-state index in [0.29, 0.717) is 30.5 Å². The van der Waals surface area contributed by atoms with Gasteiger partial charge in [-0.15, -0.1) is 10.2 Å². The van der Waals surface area contributed by atoms with Crippen LogP contribution in [0, 0.1) is 6.92 Å². The number of aryl methyl sites for hydroxylation is 2. The lowest BCUT2D eigenvalue weighted by molar-refractivity contribution is 0.0927. The Morgan fingerprint density at radius 1 is 1.42 bits per heavy atom. The van der Waals surface area contributed by atoms with Crippen molar-refractivity contribution in [2.24, 2.45) is 0 Å². The summed E-state index contributed by atoms with van der Waals surface area (Å²) in [5.41, 5.74) is 2.74. The minimum Gasteiger partial charge on any atom is -0.361 e. The number of nitrogens with zero attached hydrogens (tertiary/aromatic N) is 3. The molecule has 7 heteroatoms. The highest BCUT2D eigenvalue weighted by Crippen LogP contribution is 2.26. The third-order valence-corrected chi connectivity index (χ3v) is 4.44. The molecule has 128 valence electrons. The number of hydrogen-bond acceptors (Lipinski definition) is 4. The van der Waals surface area contributed by atoms with Crippen LogP contribution in [0.1, 0.15) is 70.7 Å². The van der Waals surface area contributed by atoms with Crippen LogP contribution in [-0.4, -0.2) is 38.0 Å². The van der Waals surface area contributed by atoms with E-state index >= 15 is 0 Å². The molecule has 24 heavy (non-hydrogen) atoms. The van der Waals surface area contributed by atoms with Crippen molar-refractivity contribution in [3.05, 3.63) is 34.7 Å². The van der Waals surface area contributed by atoms with Gasteiger partial charge < -0.3 is 14.9 Å². The molecule has 0 spiro atoms. The van der Waals surface area contributed by atoms with Gasteiger partial charge in [0.25, 0.3) is 5.91 Å². The first-order chi connectivity index (χ1) is 11.5. The molecule has 2 heterocycles. The van der Waals surface area contributed by atoms with Crippen molar-refractivity contribution in [1.29, 1.82) is 0 Å². The second-order valence-corrected chi connectivity index (χ2v) is 6.51. The van der Waals surface area contributed by atoms with Crippen LogP contribution in [0.15, 0.2) is 6.33 Å². The van der Waals surface area contributed by atoms with Gasteiger partial charge in [-0.2, -0.15) is 0 Å². The Balaban J connectivity index is 1.69. The lowest BCUT2D eigenvalue weighted by atomic mass is 9.93. The van der Waals surface area contributed by atoms with Crippen molar-refractivity contribution >= 4 is 11.7 Å². The number of hydrogen-bond donors (Lipinski definition) is 2. The molecule has 1 amide bonds. The number of carbonyl (C=O) groups excluding carboxylic acids is 2. The normalized spacial score (nSPS) is 14.1. The van der Waals surface area contributed by atoms with Gasteiger partial charge in [-0.25, -0.2) is 0 Å². The zero-order chi connectivity index (χ0) is 17.3. The maximum absolute atomic E-state index is 12.6. The van der Waals surface area contributed by atoms with E-state index in [1.807, 2.05) is 11.5 Å². The number of H-pyrrole nitrogens is 1. The van der Waals surface area contributed by atoms with Crippen LogP contribution in [0.4, 0.5) is 0 Å². The molecule has 3 rings (SSSR count). The fourth-order valence-corrected chi connectivity index (χ4v) is 3.27. The average molecular weight is 329 g/mol. The van der Waals surface area contributed by atoms with E-state index in [1.165, 1.54) is 0 Å². The summed E-state index contributed by atoms with van der Waals surface area (Å²) < 4.78 is 1.99. The molecule has 2 aromatic heterocycles. The van der Waals surface area contributed by atoms with E-state index in [-0.39, 0.29) is 17.7 Å². The summed E-state index contributed by atoms with van der Waals surface area (Å²) in [6.45, 7) is 6.42. The monoisotopic (exact) mass is 329 g/mol. The number of aromatic nitrogens is 4. The van der Waals surface area contributed by atoms with Crippen LogP contribution in [0.5, 0.6) is 0 Å². The molecule has 2 aromatic rings. The summed E-state index contributed by atoms with van der Waals surface area (Å²) in [6.07, 6.45) is 4.49. The number of rotatable bonds is 5. The number of amides is 1. The van der Waals surface area contributed by atoms with E-state index in [2.05, 4.69) is 34.3 Å². The fraction of sp³-hybridized carbons (Fsp3) is 0.529. The predicted molar refractivity (Wildman–Crippen MR) is 89.2 cm³/mol. The second-order valence-electron chi connectivity index (χ2n) is 6.51. The fourth-order valence-electron chi connectivity index (χ4n) is 3.27. The van der Waals surface area contributed by atoms with Crippen LogP contribution >= 0.6 is 0 Å². The standard InChI is InChI=1S/C17H23N5O2/c1-10(2)22-9-19-21-14(22)7-8-18-17(24)15-11(3)20-12-5-4-6-13(23)16(12)15/h9-10,20H,4-8H2,1-3H3,(H,18,24). The Morgan fingerprint density at radius 2 is 2.21 bits per heavy atom. The molecular formula is C17H23N5O2. The van der Waals surface area contributed by atoms with Crippen molar-refractivity contribution in [3.63, 3.8) is 0 Å². The highest BCUT2D eigenvalue weighted by molar-refractivity contribution is 6.10. The zero-order valence-electron chi connectivity index (χ0n) is 14.3. The summed E-state index contributed by atoms with van der Waals surface area (Å²) in [4.78, 5) is 27.9.